The van der Waals surface area contributed by atoms with Gasteiger partial charge < -0.3 is 40.9 Å². The Bertz CT molecular complexity index is 3820. The van der Waals surface area contributed by atoms with Crippen molar-refractivity contribution in [3.05, 3.63) is 109 Å². The van der Waals surface area contributed by atoms with Crippen molar-refractivity contribution in [1.29, 1.82) is 0 Å². The molecule has 29 heteroatoms. The number of aromatic amines is 3. The molecule has 12 rings (SSSR count). The molecule has 0 aliphatic carbocycles. The molecule has 0 amide bonds. The fourth-order valence-corrected chi connectivity index (χ4v) is 10.8. The molecule has 0 spiro atoms. The van der Waals surface area contributed by atoms with Gasteiger partial charge in [-0.15, -0.1) is 0 Å². The van der Waals surface area contributed by atoms with Crippen molar-refractivity contribution in [3.63, 3.8) is 0 Å². The lowest BCUT2D eigenvalue weighted by molar-refractivity contribution is -0.286. The summed E-state index contributed by atoms with van der Waals surface area (Å²) in [6, 6.07) is 16.9. The maximum absolute atomic E-state index is 14.6. The van der Waals surface area contributed by atoms with E-state index in [0.29, 0.717) is 88.4 Å². The second kappa shape index (κ2) is 24.7. The van der Waals surface area contributed by atoms with E-state index in [2.05, 4.69) is 81.3 Å². The van der Waals surface area contributed by atoms with Gasteiger partial charge in [0.2, 0.25) is 0 Å². The Morgan fingerprint density at radius 3 is 1.27 bits per heavy atom. The predicted molar refractivity (Wildman–Crippen MR) is 314 cm³/mol. The first-order valence-corrected chi connectivity index (χ1v) is 27.8. The highest BCUT2D eigenvalue weighted by molar-refractivity contribution is 5.91. The van der Waals surface area contributed by atoms with Crippen LogP contribution in [0.15, 0.2) is 91.4 Å². The zero-order chi connectivity index (χ0) is 61.3. The number of aromatic nitrogens is 12. The lowest BCUT2D eigenvalue weighted by Gasteiger charge is -2.45. The molecular formula is C57H71F9N18O2. The Hall–Kier alpha value is -8.12. The minimum atomic E-state index is -4.81. The number of nitrogens with zero attached hydrogens (tertiary/aromatic N) is 12. The first-order chi connectivity index (χ1) is 40.9. The van der Waals surface area contributed by atoms with Gasteiger partial charge >= 0.3 is 12.4 Å². The number of pyridine rings is 6. The van der Waals surface area contributed by atoms with Gasteiger partial charge in [-0.05, 0) is 91.6 Å². The minimum Gasteiger partial charge on any atom is -0.388 e. The highest BCUT2D eigenvalue weighted by Gasteiger charge is 2.61. The van der Waals surface area contributed by atoms with Gasteiger partial charge in [0.05, 0.1) is 41.2 Å². The molecule has 464 valence electrons. The second-order valence-corrected chi connectivity index (χ2v) is 22.1. The number of aliphatic hydroxyl groups is 2. The number of hydrogen-bond donors (Lipinski definition) is 8. The third-order valence-electron chi connectivity index (χ3n) is 16.0. The molecule has 9 aromatic rings. The average Bonchev–Trinajstić information content (AvgIpc) is 1.81. The summed E-state index contributed by atoms with van der Waals surface area (Å²) in [4.78, 5) is 31.1. The van der Waals surface area contributed by atoms with Gasteiger partial charge in [-0.1, -0.05) is 27.7 Å². The normalized spacial score (nSPS) is 19.3. The van der Waals surface area contributed by atoms with Crippen molar-refractivity contribution in [3.8, 4) is 34.2 Å². The monoisotopic (exact) mass is 1210 g/mol. The van der Waals surface area contributed by atoms with E-state index in [1.165, 1.54) is 44.2 Å². The van der Waals surface area contributed by atoms with Gasteiger partial charge in [0.15, 0.2) is 40.0 Å². The van der Waals surface area contributed by atoms with Crippen molar-refractivity contribution >= 4 is 50.6 Å². The van der Waals surface area contributed by atoms with Crippen LogP contribution in [0.5, 0.6) is 0 Å². The molecule has 3 fully saturated rings. The minimum absolute atomic E-state index is 0. The number of anilines is 3. The fraction of sp³-hybridized carbons (Fsp3) is 0.421. The average molecular weight is 1210 g/mol. The summed E-state index contributed by atoms with van der Waals surface area (Å²) < 4.78 is 123. The number of hydrogen-bond acceptors (Lipinski definition) is 17. The van der Waals surface area contributed by atoms with Crippen molar-refractivity contribution < 1.29 is 55.4 Å². The number of nitrogens with one attached hydrogen (secondary N) is 6. The molecule has 0 saturated carbocycles. The molecule has 86 heavy (non-hydrogen) atoms. The maximum Gasteiger partial charge on any atom is 0.419 e. The van der Waals surface area contributed by atoms with E-state index >= 15 is 0 Å². The molecule has 12 heterocycles. The van der Waals surface area contributed by atoms with Crippen molar-refractivity contribution in [1.82, 2.24) is 76.4 Å². The highest BCUT2D eigenvalue weighted by atomic mass is 19.4. The van der Waals surface area contributed by atoms with E-state index in [1.807, 2.05) is 26.8 Å². The summed E-state index contributed by atoms with van der Waals surface area (Å²) in [5.41, 5.74) is -0.882. The SMILES string of the molecule is CC(C)C(C)(O)C1CN(c2ccc(F)c(-c3[nH]nc4ncccc34)n2)CCN1.CC(C)C(O)(C1CN(c2ccc(F)c(-c3[nH]nc4ncccc34)n2)CCN1)C(F)(F)F.Fc1ccc(N2CCNC(CC(F)(F)F)C2)nc1-c1[nH]nc2ncccc12.[HH].[HH].[HH].[HH]. The van der Waals surface area contributed by atoms with Crippen LogP contribution in [0.3, 0.4) is 0 Å². The summed E-state index contributed by atoms with van der Waals surface area (Å²) in [5.74, 6) is -1.12. The molecule has 0 radical (unpaired) electrons. The smallest absolute Gasteiger partial charge is 0.388 e. The Morgan fingerprint density at radius 2 is 0.895 bits per heavy atom. The van der Waals surface area contributed by atoms with Gasteiger partial charge in [-0.2, -0.15) is 41.6 Å². The predicted octanol–water partition coefficient (Wildman–Crippen LogP) is 9.10. The third-order valence-corrected chi connectivity index (χ3v) is 16.0. The van der Waals surface area contributed by atoms with Crippen molar-refractivity contribution in [2.45, 2.75) is 82.7 Å². The number of halogens is 9. The molecule has 3 aliphatic rings. The van der Waals surface area contributed by atoms with Gasteiger partial charge in [-0.3, -0.25) is 15.3 Å². The number of rotatable bonds is 11. The van der Waals surface area contributed by atoms with Gasteiger partial charge in [0.25, 0.3) is 0 Å². The van der Waals surface area contributed by atoms with Gasteiger partial charge in [0.1, 0.15) is 34.5 Å². The largest absolute Gasteiger partial charge is 0.419 e. The van der Waals surface area contributed by atoms with Crippen molar-refractivity contribution in [2.24, 2.45) is 11.8 Å². The summed E-state index contributed by atoms with van der Waals surface area (Å²) in [5, 5.41) is 53.0. The molecule has 9 aromatic heterocycles. The Labute approximate surface area is 492 Å². The van der Waals surface area contributed by atoms with E-state index in [0.717, 1.165) is 18.5 Å². The van der Waals surface area contributed by atoms with Crippen molar-refractivity contribution in [2.75, 3.05) is 73.6 Å². The van der Waals surface area contributed by atoms with Crippen LogP contribution < -0.4 is 30.7 Å². The van der Waals surface area contributed by atoms with Crippen LogP contribution in [-0.2, 0) is 0 Å². The molecule has 5 atom stereocenters. The van der Waals surface area contributed by atoms with E-state index in [4.69, 9.17) is 0 Å². The van der Waals surface area contributed by atoms with Crippen LogP contribution >= 0.6 is 0 Å². The standard InChI is InChI=1S/C20H22F4N6O.C20H25FN6O.C17H16F4N6.4H2/c1-11(2)19(31,20(22,23)24)14-10-30(9-8-25-14)15-6-5-13(21)17(27-15)16-12-4-3-7-26-18(12)29-28-16;1-12(2)20(3,28)15-11-27(10-9-22-15)16-7-6-14(21)18(24-16)17-13-5-4-8-23-19(13)26-25-17;18-12-3-4-13(27-7-6-22-10(9-27)8-17(19,20)21)24-15(12)14-11-2-1-5-23-16(11)26-25-14;;;;/h3-7,11,14,25,31H,8-10H2,1-2H3,(H,26,28,29);4-8,12,15,22,28H,9-11H2,1-3H3,(H,23,25,26);1-5,10,22H,6-9H2,(H,23,25,26);4*1H. The molecule has 3 saturated heterocycles. The number of alkyl halides is 6. The second-order valence-electron chi connectivity index (χ2n) is 22.1. The molecule has 0 aromatic carbocycles. The molecular weight excluding hydrogens is 1140 g/mol. The van der Waals surface area contributed by atoms with Gasteiger partial charge in [0, 0.05) is 105 Å². The fourth-order valence-electron chi connectivity index (χ4n) is 10.8. The summed E-state index contributed by atoms with van der Waals surface area (Å²) >= 11 is 0. The number of H-pyrrole nitrogens is 3. The van der Waals surface area contributed by atoms with E-state index in [-0.39, 0.29) is 54.4 Å². The molecule has 20 nitrogen and oxygen atoms in total. The first-order valence-electron chi connectivity index (χ1n) is 27.8. The third kappa shape index (κ3) is 12.7. The number of fused-ring (bicyclic) bond motifs is 3. The summed E-state index contributed by atoms with van der Waals surface area (Å²) in [6.07, 6.45) is -5.20. The zero-order valence-corrected chi connectivity index (χ0v) is 47.3. The summed E-state index contributed by atoms with van der Waals surface area (Å²) in [7, 11) is 0. The Morgan fingerprint density at radius 1 is 0.523 bits per heavy atom. The first kappa shape index (κ1) is 61.0. The van der Waals surface area contributed by atoms with E-state index < -0.39 is 65.4 Å². The Balaban J connectivity index is 0.000000211. The van der Waals surface area contributed by atoms with Crippen LogP contribution in [0.4, 0.5) is 57.0 Å². The molecule has 8 N–H and O–H groups in total. The Kier molecular flexibility index (Phi) is 17.5. The van der Waals surface area contributed by atoms with Crippen LogP contribution in [0, 0.1) is 29.3 Å². The lowest BCUT2D eigenvalue weighted by Crippen LogP contribution is -2.69. The summed E-state index contributed by atoms with van der Waals surface area (Å²) in [6.45, 7) is 12.0. The highest BCUT2D eigenvalue weighted by Crippen LogP contribution is 2.41. The van der Waals surface area contributed by atoms with Crippen LogP contribution in [0.1, 0.15) is 46.7 Å². The quantitative estimate of drug-likeness (QED) is 0.0562. The van der Waals surface area contributed by atoms with Crippen LogP contribution in [0.25, 0.3) is 67.3 Å². The molecule has 3 aliphatic heterocycles. The lowest BCUT2D eigenvalue weighted by atomic mass is 9.81. The molecule has 0 bridgehead atoms. The number of piperazine rings is 3. The van der Waals surface area contributed by atoms with Crippen LogP contribution in [0.2, 0.25) is 0 Å². The zero-order valence-electron chi connectivity index (χ0n) is 47.3. The topological polar surface area (TPSA) is 250 Å². The molecule has 5 unspecified atom stereocenters. The maximum atomic E-state index is 14.6. The van der Waals surface area contributed by atoms with Crippen LogP contribution in [-0.4, -0.2) is 171 Å². The van der Waals surface area contributed by atoms with E-state index in [1.54, 1.807) is 64.8 Å². The van der Waals surface area contributed by atoms with E-state index in [9.17, 15) is 49.7 Å². The van der Waals surface area contributed by atoms with Gasteiger partial charge in [-0.25, -0.2) is 43.1 Å².